The van der Waals surface area contributed by atoms with Crippen LogP contribution in [0.2, 0.25) is 15.1 Å². The highest BCUT2D eigenvalue weighted by molar-refractivity contribution is 7.99. The van der Waals surface area contributed by atoms with Crippen molar-refractivity contribution in [3.63, 3.8) is 0 Å². The van der Waals surface area contributed by atoms with Crippen molar-refractivity contribution < 1.29 is 9.53 Å². The number of thioether (sulfide) groups is 1. The summed E-state index contributed by atoms with van der Waals surface area (Å²) in [6.07, 6.45) is -0.330. The second-order valence-electron chi connectivity index (χ2n) is 6.72. The molecule has 2 aromatic carbocycles. The Balaban J connectivity index is 1.65. The summed E-state index contributed by atoms with van der Waals surface area (Å²) in [6.45, 7) is 6.46. The third kappa shape index (κ3) is 6.07. The van der Waals surface area contributed by atoms with Gasteiger partial charge in [-0.25, -0.2) is 0 Å². The van der Waals surface area contributed by atoms with Crippen LogP contribution in [0.15, 0.2) is 41.6 Å². The Bertz CT molecular complexity index is 1090. The predicted molar refractivity (Wildman–Crippen MR) is 127 cm³/mol. The molecule has 1 N–H and O–H groups in total. The Labute approximate surface area is 200 Å². The maximum atomic E-state index is 12.3. The van der Waals surface area contributed by atoms with Crippen molar-refractivity contribution in [1.82, 2.24) is 14.8 Å². The van der Waals surface area contributed by atoms with Gasteiger partial charge in [-0.2, -0.15) is 0 Å². The van der Waals surface area contributed by atoms with Gasteiger partial charge in [0.05, 0.1) is 16.5 Å². The molecule has 1 unspecified atom stereocenters. The number of ether oxygens (including phenoxy) is 1. The zero-order valence-corrected chi connectivity index (χ0v) is 20.2. The lowest BCUT2D eigenvalue weighted by Gasteiger charge is -2.16. The van der Waals surface area contributed by atoms with Crippen LogP contribution in [0.4, 0.5) is 5.69 Å². The first-order valence-electron chi connectivity index (χ1n) is 9.52. The van der Waals surface area contributed by atoms with E-state index in [0.717, 1.165) is 5.56 Å². The number of aromatic nitrogens is 3. The van der Waals surface area contributed by atoms with E-state index in [1.807, 2.05) is 37.5 Å². The molecule has 0 aliphatic rings. The number of nitrogens with zero attached hydrogens (tertiary/aromatic N) is 3. The topological polar surface area (TPSA) is 69.0 Å². The number of nitrogens with one attached hydrogen (secondary N) is 1. The highest BCUT2D eigenvalue weighted by Gasteiger charge is 2.20. The largest absolute Gasteiger partial charge is 0.483 e. The number of hydrogen-bond acceptors (Lipinski definition) is 5. The van der Waals surface area contributed by atoms with Crippen molar-refractivity contribution in [3.05, 3.63) is 62.9 Å². The standard InChI is InChI=1S/C21H21Cl3N4O2S/c1-4-28-20(13(3)30-15-6-7-16(23)12(2)9-15)26-27-21(28)31-11-19(29)25-18-8-5-14(22)10-17(18)24/h5-10,13H,4,11H2,1-3H3,(H,25,29). The number of carbonyl (C=O) groups excluding carboxylic acids is 1. The molecule has 0 saturated heterocycles. The molecule has 3 aromatic rings. The Morgan fingerprint density at radius 1 is 1.16 bits per heavy atom. The lowest BCUT2D eigenvalue weighted by atomic mass is 10.2. The number of rotatable bonds is 8. The second-order valence-corrected chi connectivity index (χ2v) is 8.91. The summed E-state index contributed by atoms with van der Waals surface area (Å²) in [4.78, 5) is 12.3. The second kappa shape index (κ2) is 10.6. The average Bonchev–Trinajstić information content (AvgIpc) is 3.14. The molecule has 164 valence electrons. The van der Waals surface area contributed by atoms with Gasteiger partial charge in [0.2, 0.25) is 5.91 Å². The molecule has 1 amide bonds. The third-order valence-corrected chi connectivity index (χ3v) is 6.34. The minimum Gasteiger partial charge on any atom is -0.483 e. The first-order chi connectivity index (χ1) is 14.8. The molecular weight excluding hydrogens is 479 g/mol. The normalized spacial score (nSPS) is 11.9. The third-order valence-electron chi connectivity index (χ3n) is 4.41. The maximum absolute atomic E-state index is 12.3. The van der Waals surface area contributed by atoms with Crippen LogP contribution in [0, 0.1) is 6.92 Å². The summed E-state index contributed by atoms with van der Waals surface area (Å²) in [6, 6.07) is 10.4. The first kappa shape index (κ1) is 23.7. The van der Waals surface area contributed by atoms with Crippen LogP contribution in [0.25, 0.3) is 0 Å². The fraction of sp³-hybridized carbons (Fsp3) is 0.286. The molecular formula is C21H21Cl3N4O2S. The number of anilines is 1. The van der Waals surface area contributed by atoms with Crippen LogP contribution in [-0.2, 0) is 11.3 Å². The zero-order valence-electron chi connectivity index (χ0n) is 17.2. The fourth-order valence-corrected chi connectivity index (χ4v) is 4.24. The number of aryl methyl sites for hydroxylation is 1. The van der Waals surface area contributed by atoms with Gasteiger partial charge in [0.1, 0.15) is 5.75 Å². The van der Waals surface area contributed by atoms with Crippen molar-refractivity contribution >= 4 is 58.2 Å². The highest BCUT2D eigenvalue weighted by Crippen LogP contribution is 2.28. The molecule has 1 heterocycles. The number of halogens is 3. The van der Waals surface area contributed by atoms with Crippen LogP contribution in [0.3, 0.4) is 0 Å². The Morgan fingerprint density at radius 2 is 1.94 bits per heavy atom. The molecule has 3 rings (SSSR count). The van der Waals surface area contributed by atoms with E-state index in [-0.39, 0.29) is 17.8 Å². The Morgan fingerprint density at radius 3 is 2.61 bits per heavy atom. The van der Waals surface area contributed by atoms with E-state index < -0.39 is 0 Å². The summed E-state index contributed by atoms with van der Waals surface area (Å²) in [5.74, 6) is 1.33. The molecule has 1 aromatic heterocycles. The van der Waals surface area contributed by atoms with Gasteiger partial charge in [-0.1, -0.05) is 46.6 Å². The number of amides is 1. The number of benzene rings is 2. The molecule has 31 heavy (non-hydrogen) atoms. The first-order valence-corrected chi connectivity index (χ1v) is 11.6. The fourth-order valence-electron chi connectivity index (χ4n) is 2.86. The van der Waals surface area contributed by atoms with Crippen LogP contribution < -0.4 is 10.1 Å². The van der Waals surface area contributed by atoms with Crippen molar-refractivity contribution in [3.8, 4) is 5.75 Å². The van der Waals surface area contributed by atoms with E-state index in [0.29, 0.717) is 44.0 Å². The van der Waals surface area contributed by atoms with E-state index in [9.17, 15) is 4.79 Å². The predicted octanol–water partition coefficient (Wildman–Crippen LogP) is 6.44. The van der Waals surface area contributed by atoms with Crippen LogP contribution in [-0.4, -0.2) is 26.4 Å². The SMILES string of the molecule is CCn1c(SCC(=O)Nc2ccc(Cl)cc2Cl)nnc1C(C)Oc1ccc(Cl)c(C)c1. The van der Waals surface area contributed by atoms with E-state index in [1.54, 1.807) is 24.3 Å². The highest BCUT2D eigenvalue weighted by atomic mass is 35.5. The molecule has 0 aliphatic heterocycles. The molecule has 0 fully saturated rings. The average molecular weight is 500 g/mol. The van der Waals surface area contributed by atoms with Gasteiger partial charge in [0, 0.05) is 16.6 Å². The van der Waals surface area contributed by atoms with Gasteiger partial charge in [-0.15, -0.1) is 10.2 Å². The lowest BCUT2D eigenvalue weighted by molar-refractivity contribution is -0.113. The van der Waals surface area contributed by atoms with E-state index in [1.165, 1.54) is 11.8 Å². The number of carbonyl (C=O) groups is 1. The zero-order chi connectivity index (χ0) is 22.5. The summed E-state index contributed by atoms with van der Waals surface area (Å²) in [5, 5.41) is 13.5. The van der Waals surface area contributed by atoms with Gasteiger partial charge in [-0.05, 0) is 62.7 Å². The van der Waals surface area contributed by atoms with Crippen molar-refractivity contribution in [2.75, 3.05) is 11.1 Å². The van der Waals surface area contributed by atoms with Gasteiger partial charge < -0.3 is 14.6 Å². The van der Waals surface area contributed by atoms with Crippen molar-refractivity contribution in [2.24, 2.45) is 0 Å². The summed E-state index contributed by atoms with van der Waals surface area (Å²) >= 11 is 19.4. The van der Waals surface area contributed by atoms with Gasteiger partial charge >= 0.3 is 0 Å². The van der Waals surface area contributed by atoms with Crippen molar-refractivity contribution in [2.45, 2.75) is 38.6 Å². The summed E-state index contributed by atoms with van der Waals surface area (Å²) < 4.78 is 7.95. The number of hydrogen-bond donors (Lipinski definition) is 1. The molecule has 6 nitrogen and oxygen atoms in total. The van der Waals surface area contributed by atoms with Crippen LogP contribution >= 0.6 is 46.6 Å². The van der Waals surface area contributed by atoms with Crippen LogP contribution in [0.5, 0.6) is 5.75 Å². The van der Waals surface area contributed by atoms with Gasteiger partial charge in [0.25, 0.3) is 0 Å². The monoisotopic (exact) mass is 498 g/mol. The van der Waals surface area contributed by atoms with Crippen molar-refractivity contribution in [1.29, 1.82) is 0 Å². The smallest absolute Gasteiger partial charge is 0.234 e. The molecule has 0 saturated carbocycles. The summed E-state index contributed by atoms with van der Waals surface area (Å²) in [7, 11) is 0. The molecule has 10 heteroatoms. The Kier molecular flexibility index (Phi) is 8.11. The Hall–Kier alpha value is -1.93. The van der Waals surface area contributed by atoms with Gasteiger partial charge in [-0.3, -0.25) is 4.79 Å². The molecule has 0 bridgehead atoms. The minimum absolute atomic E-state index is 0.155. The lowest BCUT2D eigenvalue weighted by Crippen LogP contribution is -2.15. The molecule has 1 atom stereocenters. The maximum Gasteiger partial charge on any atom is 0.234 e. The quantitative estimate of drug-likeness (QED) is 0.361. The summed E-state index contributed by atoms with van der Waals surface area (Å²) in [5.41, 5.74) is 1.45. The minimum atomic E-state index is -0.330. The van der Waals surface area contributed by atoms with Crippen LogP contribution in [0.1, 0.15) is 31.3 Å². The molecule has 0 radical (unpaired) electrons. The van der Waals surface area contributed by atoms with E-state index in [4.69, 9.17) is 39.5 Å². The van der Waals surface area contributed by atoms with E-state index in [2.05, 4.69) is 15.5 Å². The molecule has 0 spiro atoms. The van der Waals surface area contributed by atoms with Gasteiger partial charge in [0.15, 0.2) is 17.1 Å². The van der Waals surface area contributed by atoms with E-state index >= 15 is 0 Å². The molecule has 0 aliphatic carbocycles.